The predicted octanol–water partition coefficient (Wildman–Crippen LogP) is 2.85. The molecule has 0 aliphatic rings. The summed E-state index contributed by atoms with van der Waals surface area (Å²) in [5.41, 5.74) is 0.443. The Hall–Kier alpha value is -2.55. The third-order valence-electron chi connectivity index (χ3n) is 4.44. The first-order valence-electron chi connectivity index (χ1n) is 8.73. The van der Waals surface area contributed by atoms with Crippen molar-refractivity contribution >= 4 is 27.1 Å². The molecule has 27 heavy (non-hydrogen) atoms. The van der Waals surface area contributed by atoms with E-state index >= 15 is 0 Å². The zero-order valence-corrected chi connectivity index (χ0v) is 17.0. The van der Waals surface area contributed by atoms with Gasteiger partial charge in [-0.15, -0.1) is 0 Å². The number of aromatic amines is 1. The first kappa shape index (κ1) is 19.2. The molecule has 0 fully saturated rings. The van der Waals surface area contributed by atoms with Crippen LogP contribution in [0, 0.1) is 0 Å². The Labute approximate surface area is 163 Å². The first-order valence-corrected chi connectivity index (χ1v) is 9.52. The topological polar surface area (TPSA) is 102 Å². The predicted molar refractivity (Wildman–Crippen MR) is 107 cm³/mol. The van der Waals surface area contributed by atoms with Crippen LogP contribution < -0.4 is 16.0 Å². The van der Waals surface area contributed by atoms with Gasteiger partial charge in [0.1, 0.15) is 5.82 Å². The minimum atomic E-state index is -0.465. The normalized spacial score (nSPS) is 11.3. The molecule has 3 rings (SSSR count). The van der Waals surface area contributed by atoms with Crippen LogP contribution in [0.1, 0.15) is 26.7 Å². The number of rotatable bonds is 6. The van der Waals surface area contributed by atoms with Crippen molar-refractivity contribution in [3.05, 3.63) is 37.4 Å². The van der Waals surface area contributed by atoms with Crippen molar-refractivity contribution in [1.29, 1.82) is 0 Å². The van der Waals surface area contributed by atoms with Gasteiger partial charge in [0.05, 0.1) is 11.6 Å². The molecule has 3 aromatic rings. The van der Waals surface area contributed by atoms with E-state index in [1.165, 1.54) is 11.7 Å². The van der Waals surface area contributed by atoms with Gasteiger partial charge in [0.25, 0.3) is 5.56 Å². The van der Waals surface area contributed by atoms with Gasteiger partial charge in [-0.2, -0.15) is 0 Å². The van der Waals surface area contributed by atoms with Gasteiger partial charge in [-0.3, -0.25) is 14.3 Å². The molecule has 0 aliphatic carbocycles. The number of methoxy groups -OCH3 is 1. The highest BCUT2D eigenvalue weighted by atomic mass is 79.9. The number of H-pyrrole nitrogens is 1. The van der Waals surface area contributed by atoms with Crippen molar-refractivity contribution in [1.82, 2.24) is 19.1 Å². The number of aryl methyl sites for hydroxylation is 2. The van der Waals surface area contributed by atoms with Crippen molar-refractivity contribution in [2.75, 3.05) is 7.11 Å². The Kier molecular flexibility index (Phi) is 5.41. The van der Waals surface area contributed by atoms with Gasteiger partial charge in [-0.1, -0.05) is 13.3 Å². The molecule has 0 aliphatic heterocycles. The summed E-state index contributed by atoms with van der Waals surface area (Å²) in [5, 5.41) is 10.1. The molecule has 144 valence electrons. The molecule has 0 spiro atoms. The highest BCUT2D eigenvalue weighted by molar-refractivity contribution is 9.10. The number of ether oxygens (including phenoxy) is 1. The minimum Gasteiger partial charge on any atom is -0.503 e. The number of nitrogens with zero attached hydrogens (tertiary/aromatic N) is 3. The van der Waals surface area contributed by atoms with E-state index in [9.17, 15) is 14.7 Å². The van der Waals surface area contributed by atoms with E-state index in [1.807, 2.05) is 13.8 Å². The van der Waals surface area contributed by atoms with Crippen LogP contribution in [0.5, 0.6) is 11.5 Å². The van der Waals surface area contributed by atoms with Crippen molar-refractivity contribution < 1.29 is 9.84 Å². The maximum atomic E-state index is 12.5. The Balaban J connectivity index is 2.35. The van der Waals surface area contributed by atoms with Crippen molar-refractivity contribution in [3.8, 4) is 22.9 Å². The summed E-state index contributed by atoms with van der Waals surface area (Å²) in [6.07, 6.45) is 1.71. The lowest BCUT2D eigenvalue weighted by Gasteiger charge is -2.10. The van der Waals surface area contributed by atoms with Crippen LogP contribution in [0.2, 0.25) is 0 Å². The Morgan fingerprint density at radius 2 is 2.00 bits per heavy atom. The molecule has 8 nitrogen and oxygen atoms in total. The van der Waals surface area contributed by atoms with Gasteiger partial charge in [0, 0.05) is 18.7 Å². The molecule has 0 saturated heterocycles. The maximum absolute atomic E-state index is 12.5. The average Bonchev–Trinajstić information content (AvgIpc) is 3.03. The molecule has 0 amide bonds. The number of nitrogens with one attached hydrogen (secondary N) is 1. The van der Waals surface area contributed by atoms with Gasteiger partial charge < -0.3 is 14.4 Å². The van der Waals surface area contributed by atoms with Crippen LogP contribution in [-0.4, -0.2) is 31.3 Å². The summed E-state index contributed by atoms with van der Waals surface area (Å²) in [6, 6.07) is 3.35. The summed E-state index contributed by atoms with van der Waals surface area (Å²) >= 11 is 3.31. The van der Waals surface area contributed by atoms with E-state index in [0.29, 0.717) is 40.1 Å². The van der Waals surface area contributed by atoms with Crippen LogP contribution in [0.25, 0.3) is 22.6 Å². The highest BCUT2D eigenvalue weighted by Gasteiger charge is 2.20. The number of aromatic hydroxyl groups is 1. The van der Waals surface area contributed by atoms with Crippen LogP contribution in [0.4, 0.5) is 0 Å². The Bertz CT molecular complexity index is 1110. The molecule has 0 saturated carbocycles. The fourth-order valence-corrected chi connectivity index (χ4v) is 3.53. The largest absolute Gasteiger partial charge is 0.503 e. The number of aromatic nitrogens is 4. The second-order valence-corrected chi connectivity index (χ2v) is 6.98. The molecule has 0 unspecified atom stereocenters. The molecule has 0 atom stereocenters. The molecular formula is C18H21BrN4O4. The highest BCUT2D eigenvalue weighted by Crippen LogP contribution is 2.38. The van der Waals surface area contributed by atoms with E-state index < -0.39 is 11.2 Å². The molecule has 2 heterocycles. The number of halogens is 1. The molecule has 2 aromatic heterocycles. The number of hydrogen-bond acceptors (Lipinski definition) is 5. The van der Waals surface area contributed by atoms with E-state index in [4.69, 9.17) is 4.74 Å². The number of phenols is 1. The van der Waals surface area contributed by atoms with E-state index in [-0.39, 0.29) is 11.5 Å². The summed E-state index contributed by atoms with van der Waals surface area (Å²) in [7, 11) is 1.46. The fourth-order valence-electron chi connectivity index (χ4n) is 3.08. The lowest BCUT2D eigenvalue weighted by atomic mass is 10.2. The summed E-state index contributed by atoms with van der Waals surface area (Å²) in [6.45, 7) is 4.90. The number of phenolic OH excluding ortho intramolecular Hbond substituents is 1. The van der Waals surface area contributed by atoms with Gasteiger partial charge in [-0.05, 0) is 41.4 Å². The smallest absolute Gasteiger partial charge is 0.330 e. The van der Waals surface area contributed by atoms with Crippen LogP contribution in [-0.2, 0) is 13.1 Å². The third-order valence-corrected chi connectivity index (χ3v) is 5.05. The second kappa shape index (κ2) is 7.59. The lowest BCUT2D eigenvalue weighted by molar-refractivity contribution is 0.372. The summed E-state index contributed by atoms with van der Waals surface area (Å²) in [5.74, 6) is 0.789. The van der Waals surface area contributed by atoms with E-state index in [0.717, 1.165) is 12.8 Å². The van der Waals surface area contributed by atoms with Crippen molar-refractivity contribution in [2.24, 2.45) is 0 Å². The fraction of sp³-hybridized carbons (Fsp3) is 0.389. The molecule has 1 aromatic carbocycles. The molecule has 0 radical (unpaired) electrons. The monoisotopic (exact) mass is 436 g/mol. The van der Waals surface area contributed by atoms with Crippen molar-refractivity contribution in [2.45, 2.75) is 39.8 Å². The van der Waals surface area contributed by atoms with Gasteiger partial charge in [-0.25, -0.2) is 9.78 Å². The number of hydrogen-bond donors (Lipinski definition) is 2. The first-order chi connectivity index (χ1) is 12.9. The molecule has 9 heteroatoms. The Morgan fingerprint density at radius 3 is 2.63 bits per heavy atom. The standard InChI is InChI=1S/C18H21BrN4O4/c1-4-6-7-23-16-13(17(25)21-18(23)26)22(5-2)15(20-16)10-8-11(19)14(24)12(9-10)27-3/h8-9,24H,4-7H2,1-3H3,(H,21,25,26). The van der Waals surface area contributed by atoms with Gasteiger partial charge >= 0.3 is 5.69 Å². The maximum Gasteiger partial charge on any atom is 0.330 e. The van der Waals surface area contributed by atoms with Gasteiger partial charge in [0.2, 0.25) is 0 Å². The lowest BCUT2D eigenvalue weighted by Crippen LogP contribution is -2.31. The quantitative estimate of drug-likeness (QED) is 0.618. The average molecular weight is 437 g/mol. The second-order valence-electron chi connectivity index (χ2n) is 6.13. The third kappa shape index (κ3) is 3.27. The van der Waals surface area contributed by atoms with Gasteiger partial charge in [0.15, 0.2) is 22.7 Å². The van der Waals surface area contributed by atoms with E-state index in [2.05, 4.69) is 25.9 Å². The number of unbranched alkanes of at least 4 members (excludes halogenated alkanes) is 1. The number of benzene rings is 1. The Morgan fingerprint density at radius 1 is 1.26 bits per heavy atom. The minimum absolute atomic E-state index is 0.0156. The van der Waals surface area contributed by atoms with Crippen molar-refractivity contribution in [3.63, 3.8) is 0 Å². The van der Waals surface area contributed by atoms with Crippen LogP contribution >= 0.6 is 15.9 Å². The summed E-state index contributed by atoms with van der Waals surface area (Å²) in [4.78, 5) is 31.8. The zero-order valence-electron chi connectivity index (χ0n) is 15.4. The molecule has 0 bridgehead atoms. The molecule has 2 N–H and O–H groups in total. The van der Waals surface area contributed by atoms with E-state index in [1.54, 1.807) is 16.7 Å². The van der Waals surface area contributed by atoms with Crippen LogP contribution in [0.3, 0.4) is 0 Å². The molecular weight excluding hydrogens is 416 g/mol. The van der Waals surface area contributed by atoms with Crippen LogP contribution in [0.15, 0.2) is 26.2 Å². The number of imidazole rings is 1. The zero-order chi connectivity index (χ0) is 19.7. The summed E-state index contributed by atoms with van der Waals surface area (Å²) < 4.78 is 8.92. The SMILES string of the molecule is CCCCn1c(=O)[nH]c(=O)c2c1nc(-c1cc(Br)c(O)c(OC)c1)n2CC. The number of fused-ring (bicyclic) bond motifs is 1.